The molecule has 0 fully saturated rings. The van der Waals surface area contributed by atoms with Crippen molar-refractivity contribution in [1.82, 2.24) is 15.0 Å². The first kappa shape index (κ1) is 13.0. The lowest BCUT2D eigenvalue weighted by Gasteiger charge is -2.15. The van der Waals surface area contributed by atoms with E-state index in [1.165, 1.54) is 23.0 Å². The summed E-state index contributed by atoms with van der Waals surface area (Å²) in [6, 6.07) is 3.96. The summed E-state index contributed by atoms with van der Waals surface area (Å²) in [6.45, 7) is -0.0986. The van der Waals surface area contributed by atoms with Crippen molar-refractivity contribution >= 4 is 23.2 Å². The molecule has 1 aliphatic rings. The summed E-state index contributed by atoms with van der Waals surface area (Å²) in [5, 5.41) is 7.49. The quantitative estimate of drug-likeness (QED) is 0.854. The first-order valence-corrected chi connectivity index (χ1v) is 5.99. The molecule has 0 saturated heterocycles. The first-order chi connectivity index (χ1) is 9.39. The molecule has 0 unspecified atom stereocenters. The van der Waals surface area contributed by atoms with Crippen LogP contribution in [0.2, 0.25) is 5.02 Å². The normalized spacial score (nSPS) is 16.6. The van der Waals surface area contributed by atoms with Gasteiger partial charge in [0.15, 0.2) is 0 Å². The maximum atomic E-state index is 14.0. The van der Waals surface area contributed by atoms with E-state index in [0.29, 0.717) is 5.69 Å². The number of amides is 1. The van der Waals surface area contributed by atoms with Gasteiger partial charge in [0, 0.05) is 5.02 Å². The van der Waals surface area contributed by atoms with Gasteiger partial charge in [0.2, 0.25) is 0 Å². The Kier molecular flexibility index (Phi) is 2.75. The van der Waals surface area contributed by atoms with Gasteiger partial charge in [-0.1, -0.05) is 16.8 Å². The second kappa shape index (κ2) is 4.24. The van der Waals surface area contributed by atoms with Crippen molar-refractivity contribution in [2.75, 3.05) is 4.90 Å². The number of hydrogen-bond donors (Lipinski definition) is 0. The van der Waals surface area contributed by atoms with Crippen LogP contribution in [-0.4, -0.2) is 20.9 Å². The topological polar surface area (TPSA) is 51.0 Å². The van der Waals surface area contributed by atoms with Gasteiger partial charge in [-0.25, -0.2) is 0 Å². The molecule has 0 aliphatic carbocycles. The number of aromatic nitrogens is 3. The van der Waals surface area contributed by atoms with Gasteiger partial charge in [-0.3, -0.25) is 9.48 Å². The molecule has 1 aromatic heterocycles. The van der Waals surface area contributed by atoms with E-state index in [9.17, 15) is 13.6 Å². The molecule has 8 heteroatoms. The number of alkyl halides is 2. The average molecular weight is 298 g/mol. The fourth-order valence-electron chi connectivity index (χ4n) is 2.12. The van der Waals surface area contributed by atoms with E-state index in [-0.39, 0.29) is 17.3 Å². The van der Waals surface area contributed by atoms with Gasteiger partial charge in [-0.15, -0.1) is 5.10 Å². The third-order valence-electron chi connectivity index (χ3n) is 3.01. The van der Waals surface area contributed by atoms with Crippen LogP contribution in [-0.2, 0) is 17.3 Å². The van der Waals surface area contributed by atoms with Crippen LogP contribution in [0, 0.1) is 7.05 Å². The lowest BCUT2D eigenvalue weighted by Crippen LogP contribution is -2.34. The van der Waals surface area contributed by atoms with Crippen molar-refractivity contribution in [1.29, 1.82) is 0 Å². The highest BCUT2D eigenvalue weighted by Crippen LogP contribution is 2.45. The van der Waals surface area contributed by atoms with Crippen LogP contribution in [0.4, 0.5) is 14.5 Å². The van der Waals surface area contributed by atoms with Crippen molar-refractivity contribution < 1.29 is 13.6 Å². The molecule has 103 valence electrons. The minimum atomic E-state index is -3.58. The van der Waals surface area contributed by atoms with Gasteiger partial charge in [-0.05, 0) is 18.2 Å². The van der Waals surface area contributed by atoms with Crippen LogP contribution in [0.25, 0.3) is 0 Å². The zero-order valence-electron chi connectivity index (χ0n) is 10.1. The third kappa shape index (κ3) is 1.85. The van der Waals surface area contributed by atoms with E-state index in [1.54, 1.807) is 0 Å². The summed E-state index contributed by atoms with van der Waals surface area (Å²) < 4.78 is 29.1. The Bertz CT molecular complexity index is 701. The molecule has 2 aromatic rings. The smallest absolute Gasteiger partial charge is 0.300 e. The number of nitrogens with zero attached hydrogens (tertiary/aromatic N) is 4. The zero-order chi connectivity index (χ0) is 14.5. The molecule has 2 heterocycles. The van der Waals surface area contributed by atoms with Crippen LogP contribution in [0.3, 0.4) is 0 Å². The molecule has 0 saturated carbocycles. The molecule has 1 aromatic carbocycles. The van der Waals surface area contributed by atoms with Gasteiger partial charge >= 0.3 is 11.8 Å². The van der Waals surface area contributed by atoms with Gasteiger partial charge in [0.25, 0.3) is 0 Å². The summed E-state index contributed by atoms with van der Waals surface area (Å²) in [7, 11) is 3.49. The minimum Gasteiger partial charge on any atom is -0.300 e. The minimum absolute atomic E-state index is 0.0986. The Hall–Kier alpha value is -2.02. The van der Waals surface area contributed by atoms with Crippen molar-refractivity contribution in [3.63, 3.8) is 0 Å². The number of benzene rings is 1. The summed E-state index contributed by atoms with van der Waals surface area (Å²) in [5.74, 6) is -4.88. The van der Waals surface area contributed by atoms with Gasteiger partial charge < -0.3 is 4.90 Å². The Balaban J connectivity index is 2.03. The number of halogens is 3. The Labute approximate surface area is 117 Å². The summed E-state index contributed by atoms with van der Waals surface area (Å²) in [6.07, 6.45) is 1.46. The van der Waals surface area contributed by atoms with Crippen LogP contribution < -0.4 is 4.90 Å². The second-order valence-corrected chi connectivity index (χ2v) is 4.81. The second-order valence-electron chi connectivity index (χ2n) is 4.38. The monoisotopic (exact) mass is 297 g/mol. The molecule has 20 heavy (non-hydrogen) atoms. The highest BCUT2D eigenvalue weighted by Gasteiger charge is 2.52. The van der Waals surface area contributed by atoms with Crippen molar-refractivity contribution in [2.24, 2.45) is 0 Å². The van der Waals surface area contributed by atoms with Gasteiger partial charge in [0.1, 0.15) is 5.69 Å². The van der Waals surface area contributed by atoms with Crippen molar-refractivity contribution in [2.45, 2.75) is 12.5 Å². The number of carbonyl (C=O) groups excluding carboxylic acids is 1. The summed E-state index contributed by atoms with van der Waals surface area (Å²) in [4.78, 5) is 12.8. The molecular formula is C12H8ClF2N4O. The van der Waals surface area contributed by atoms with Crippen LogP contribution in [0.15, 0.2) is 24.4 Å². The van der Waals surface area contributed by atoms with Crippen molar-refractivity contribution in [3.8, 4) is 0 Å². The molecule has 3 rings (SSSR count). The van der Waals surface area contributed by atoms with Crippen molar-refractivity contribution in [3.05, 3.63) is 47.7 Å². The van der Waals surface area contributed by atoms with Crippen LogP contribution in [0.5, 0.6) is 0 Å². The molecule has 1 radical (unpaired) electrons. The zero-order valence-corrected chi connectivity index (χ0v) is 10.8. The van der Waals surface area contributed by atoms with E-state index < -0.39 is 17.4 Å². The summed E-state index contributed by atoms with van der Waals surface area (Å²) in [5.41, 5.74) is 0.104. The highest BCUT2D eigenvalue weighted by molar-refractivity contribution is 6.31. The number of rotatable bonds is 2. The average Bonchev–Trinajstić information content (AvgIpc) is 2.87. The van der Waals surface area contributed by atoms with E-state index in [0.717, 1.165) is 11.0 Å². The SMILES string of the molecule is [CH2]n1cc(CN2C(=O)C(F)(F)c3cc(Cl)ccc32)nn1. The molecule has 0 bridgehead atoms. The highest BCUT2D eigenvalue weighted by atomic mass is 35.5. The Morgan fingerprint density at radius 1 is 1.40 bits per heavy atom. The fraction of sp³-hybridized carbons (Fsp3) is 0.167. The molecule has 0 spiro atoms. The molecule has 0 N–H and O–H groups in total. The van der Waals surface area contributed by atoms with E-state index in [4.69, 9.17) is 11.6 Å². The van der Waals surface area contributed by atoms with Gasteiger partial charge in [-0.2, -0.15) is 8.78 Å². The first-order valence-electron chi connectivity index (χ1n) is 5.61. The predicted molar refractivity (Wildman–Crippen MR) is 67.3 cm³/mol. The summed E-state index contributed by atoms with van der Waals surface area (Å²) >= 11 is 5.71. The molecule has 5 nitrogen and oxygen atoms in total. The van der Waals surface area contributed by atoms with Crippen LogP contribution >= 0.6 is 11.6 Å². The maximum Gasteiger partial charge on any atom is 0.352 e. The largest absolute Gasteiger partial charge is 0.352 e. The maximum absolute atomic E-state index is 14.0. The lowest BCUT2D eigenvalue weighted by molar-refractivity contribution is -0.141. The predicted octanol–water partition coefficient (Wildman–Crippen LogP) is 2.21. The molecular weight excluding hydrogens is 290 g/mol. The molecule has 1 amide bonds. The Morgan fingerprint density at radius 3 is 2.80 bits per heavy atom. The van der Waals surface area contributed by atoms with E-state index >= 15 is 0 Å². The lowest BCUT2D eigenvalue weighted by atomic mass is 10.1. The third-order valence-corrected chi connectivity index (χ3v) is 3.24. The molecule has 1 aliphatic heterocycles. The number of hydrogen-bond acceptors (Lipinski definition) is 3. The number of anilines is 1. The van der Waals surface area contributed by atoms with Crippen LogP contribution in [0.1, 0.15) is 11.3 Å². The number of carbonyl (C=O) groups is 1. The molecule has 0 atom stereocenters. The number of fused-ring (bicyclic) bond motifs is 1. The fourth-order valence-corrected chi connectivity index (χ4v) is 2.29. The van der Waals surface area contributed by atoms with E-state index in [1.807, 2.05) is 0 Å². The van der Waals surface area contributed by atoms with Gasteiger partial charge in [0.05, 0.1) is 31.0 Å². The van der Waals surface area contributed by atoms with E-state index in [2.05, 4.69) is 17.4 Å². The Morgan fingerprint density at radius 2 is 2.15 bits per heavy atom. The standard InChI is InChI=1S/C12H8ClF2N4O/c1-18-5-8(16-17-18)6-19-10-3-2-7(13)4-9(10)12(14,15)11(19)20/h2-5H,1,6H2.